The summed E-state index contributed by atoms with van der Waals surface area (Å²) in [6.07, 6.45) is -1.94. The van der Waals surface area contributed by atoms with E-state index in [0.29, 0.717) is 0 Å². The Bertz CT molecular complexity index is 347. The van der Waals surface area contributed by atoms with Crippen molar-refractivity contribution >= 4 is 26.7 Å². The molecular formula is C8H14O8P2Ti. The summed E-state index contributed by atoms with van der Waals surface area (Å²) in [7, 11) is -7.28. The monoisotopic (exact) mass is 348 g/mol. The molecule has 108 valence electrons. The molecule has 0 aliphatic rings. The van der Waals surface area contributed by atoms with E-state index in [1.807, 2.05) is 0 Å². The van der Waals surface area contributed by atoms with Crippen LogP contribution in [-0.2, 0) is 40.4 Å². The van der Waals surface area contributed by atoms with Gasteiger partial charge in [-0.2, -0.15) is 0 Å². The second kappa shape index (κ2) is 10.8. The summed E-state index contributed by atoms with van der Waals surface area (Å²) in [6.45, 7) is 2.80. The van der Waals surface area contributed by atoms with Gasteiger partial charge in [0.05, 0.1) is 0 Å². The number of carbonyl (C=O) groups is 2. The molecule has 0 aromatic carbocycles. The average molecular weight is 348 g/mol. The molecule has 0 spiro atoms. The molecule has 0 radical (unpaired) electrons. The Morgan fingerprint density at radius 3 is 1.11 bits per heavy atom. The molecule has 11 heteroatoms. The molecule has 0 aliphatic carbocycles. The molecule has 0 aliphatic heterocycles. The van der Waals surface area contributed by atoms with Crippen LogP contribution >= 0.6 is 14.7 Å². The molecule has 0 bridgehead atoms. The topological polar surface area (TPSA) is 161 Å². The molecule has 19 heavy (non-hydrogen) atoms. The van der Waals surface area contributed by atoms with E-state index >= 15 is 0 Å². The Morgan fingerprint density at radius 2 is 1.05 bits per heavy atom. The first kappa shape index (κ1) is 24.1. The minimum Gasteiger partial charge on any atom is -0.799 e. The van der Waals surface area contributed by atoms with Crippen LogP contribution in [0.1, 0.15) is 13.8 Å². The van der Waals surface area contributed by atoms with E-state index in [1.165, 1.54) is 13.8 Å². The number of carbonyl (C=O) groups excluding carboxylic acids is 2. The van der Waals surface area contributed by atoms with Crippen molar-refractivity contribution in [1.29, 1.82) is 0 Å². The van der Waals surface area contributed by atoms with Crippen molar-refractivity contribution in [3.8, 4) is 0 Å². The molecule has 8 nitrogen and oxygen atoms in total. The van der Waals surface area contributed by atoms with Gasteiger partial charge in [0.25, 0.3) is 0 Å². The first-order valence-electron chi connectivity index (χ1n) is 4.93. The maximum atomic E-state index is 10.4. The number of aliphatic carboxylic acids is 2. The molecule has 0 N–H and O–H groups in total. The number of carboxylic acids is 2. The van der Waals surface area contributed by atoms with E-state index < -0.39 is 39.0 Å². The maximum absolute atomic E-state index is 10.4. The van der Waals surface area contributed by atoms with Gasteiger partial charge in [0.15, 0.2) is 0 Å². The summed E-state index contributed by atoms with van der Waals surface area (Å²) in [5, 5.41) is 19.4. The summed E-state index contributed by atoms with van der Waals surface area (Å²) in [5.41, 5.74) is 0. The third kappa shape index (κ3) is 18.0. The smallest absolute Gasteiger partial charge is 0.799 e. The van der Waals surface area contributed by atoms with Gasteiger partial charge >= 0.3 is 21.7 Å². The predicted molar refractivity (Wildman–Crippen MR) is 56.0 cm³/mol. The summed E-state index contributed by atoms with van der Waals surface area (Å²) in [4.78, 5) is 40.2. The Balaban J connectivity index is -0.000000256. The Labute approximate surface area is 126 Å². The Hall–Kier alpha value is 0.0343. The van der Waals surface area contributed by atoms with Gasteiger partial charge in [-0.1, -0.05) is 13.8 Å². The van der Waals surface area contributed by atoms with Gasteiger partial charge in [-0.15, -0.1) is 0 Å². The normalized spacial score (nSPS) is 15.8. The maximum Gasteiger partial charge on any atom is 4.00 e. The van der Waals surface area contributed by atoms with Crippen molar-refractivity contribution < 1.29 is 60.4 Å². The van der Waals surface area contributed by atoms with Crippen LogP contribution in [-0.4, -0.2) is 36.6 Å². The zero-order chi connectivity index (χ0) is 15.0. The van der Waals surface area contributed by atoms with E-state index in [4.69, 9.17) is 0 Å². The molecule has 0 aromatic heterocycles. The van der Waals surface area contributed by atoms with Gasteiger partial charge in [-0.3, -0.25) is 0 Å². The van der Waals surface area contributed by atoms with Gasteiger partial charge < -0.3 is 38.7 Å². The summed E-state index contributed by atoms with van der Waals surface area (Å²) in [5.74, 6) is -3.06. The number of rotatable bonds is 6. The molecular weight excluding hydrogens is 334 g/mol. The van der Waals surface area contributed by atoms with Crippen molar-refractivity contribution in [3.05, 3.63) is 0 Å². The van der Waals surface area contributed by atoms with E-state index in [-0.39, 0.29) is 34.0 Å². The number of carboxylic acid groups (broad SMARTS) is 2. The van der Waals surface area contributed by atoms with Crippen LogP contribution in [0, 0.1) is 0 Å². The Kier molecular flexibility index (Phi) is 13.7. The quantitative estimate of drug-likeness (QED) is 0.358. The fraction of sp³-hybridized carbons (Fsp3) is 0.750. The summed E-state index contributed by atoms with van der Waals surface area (Å²) < 4.78 is 20.8. The second-order valence-corrected chi connectivity index (χ2v) is 8.48. The van der Waals surface area contributed by atoms with Gasteiger partial charge in [0.1, 0.15) is 0 Å². The minimum absolute atomic E-state index is 0. The fourth-order valence-corrected chi connectivity index (χ4v) is 1.85. The van der Waals surface area contributed by atoms with Crippen LogP contribution in [0.2, 0.25) is 0 Å². The molecule has 0 amide bonds. The average Bonchev–Trinajstić information content (AvgIpc) is 2.15. The molecule has 0 rings (SSSR count). The summed E-state index contributed by atoms with van der Waals surface area (Å²) >= 11 is 0. The van der Waals surface area contributed by atoms with Crippen molar-refractivity contribution in [2.45, 2.75) is 13.8 Å². The largest absolute Gasteiger partial charge is 4.00 e. The standard InChI is InChI=1S/2C4H9O4P.Ti/c2*1-2-9(7,8)3-4(5)6;/h2*2-3H2,1H3,(H,5,6)(H,7,8);/q;;+4/p-4. The van der Waals surface area contributed by atoms with Crippen LogP contribution in [0.25, 0.3) is 0 Å². The molecule has 0 saturated carbocycles. The molecule has 2 unspecified atom stereocenters. The molecule has 0 aromatic rings. The molecule has 0 fully saturated rings. The predicted octanol–water partition coefficient (Wildman–Crippen LogP) is -3.21. The second-order valence-electron chi connectivity index (χ2n) is 3.32. The van der Waals surface area contributed by atoms with Crippen LogP contribution < -0.4 is 20.0 Å². The number of hydrogen-bond acceptors (Lipinski definition) is 8. The minimum atomic E-state index is -3.64. The van der Waals surface area contributed by atoms with E-state index in [2.05, 4.69) is 0 Å². The first-order valence-corrected chi connectivity index (χ1v) is 8.92. The van der Waals surface area contributed by atoms with Crippen molar-refractivity contribution in [2.75, 3.05) is 24.6 Å². The number of hydrogen-bond donors (Lipinski definition) is 0. The van der Waals surface area contributed by atoms with E-state index in [9.17, 15) is 38.7 Å². The zero-order valence-electron chi connectivity index (χ0n) is 10.5. The molecule has 0 saturated heterocycles. The zero-order valence-corrected chi connectivity index (χ0v) is 13.8. The van der Waals surface area contributed by atoms with E-state index in [0.717, 1.165) is 0 Å². The van der Waals surface area contributed by atoms with Crippen molar-refractivity contribution in [1.82, 2.24) is 0 Å². The van der Waals surface area contributed by atoms with Crippen molar-refractivity contribution in [2.24, 2.45) is 0 Å². The Morgan fingerprint density at radius 1 is 0.842 bits per heavy atom. The van der Waals surface area contributed by atoms with Gasteiger partial charge in [-0.25, -0.2) is 0 Å². The SMILES string of the molecule is CCP(=O)([O-])CC(=O)[O-].CCP(=O)([O-])CC(=O)[O-].[Ti+4]. The van der Waals surface area contributed by atoms with Crippen LogP contribution in [0.4, 0.5) is 0 Å². The van der Waals surface area contributed by atoms with E-state index in [1.54, 1.807) is 0 Å². The van der Waals surface area contributed by atoms with Gasteiger partial charge in [0.2, 0.25) is 0 Å². The van der Waals surface area contributed by atoms with Crippen LogP contribution in [0.5, 0.6) is 0 Å². The third-order valence-electron chi connectivity index (χ3n) is 1.70. The van der Waals surface area contributed by atoms with Gasteiger partial charge in [0, 0.05) is 39.0 Å². The molecule has 0 heterocycles. The summed E-state index contributed by atoms with van der Waals surface area (Å²) in [6, 6.07) is 0. The van der Waals surface area contributed by atoms with Crippen LogP contribution in [0.3, 0.4) is 0 Å². The first-order chi connectivity index (χ1) is 7.95. The molecule has 2 atom stereocenters. The van der Waals surface area contributed by atoms with Gasteiger partial charge in [-0.05, 0) is 12.3 Å². The fourth-order valence-electron chi connectivity index (χ4n) is 0.617. The van der Waals surface area contributed by atoms with Crippen LogP contribution in [0.15, 0.2) is 0 Å². The van der Waals surface area contributed by atoms with Crippen molar-refractivity contribution in [3.63, 3.8) is 0 Å². The third-order valence-corrected chi connectivity index (χ3v) is 5.11.